The van der Waals surface area contributed by atoms with E-state index < -0.39 is 0 Å². The molecule has 1 aromatic rings. The van der Waals surface area contributed by atoms with E-state index in [1.54, 1.807) is 18.5 Å². The van der Waals surface area contributed by atoms with Gasteiger partial charge in [0, 0.05) is 12.2 Å². The molecule has 1 aliphatic carbocycles. The molecular formula is C14H19N3. The first kappa shape index (κ1) is 11.9. The number of pyridine rings is 1. The minimum atomic E-state index is 0.477. The minimum absolute atomic E-state index is 0.477. The molecule has 90 valence electrons. The molecule has 1 fully saturated rings. The Morgan fingerprint density at radius 1 is 1.41 bits per heavy atom. The molecule has 0 aliphatic heterocycles. The fourth-order valence-electron chi connectivity index (χ4n) is 2.37. The summed E-state index contributed by atoms with van der Waals surface area (Å²) in [5.74, 6) is 0. The van der Waals surface area contributed by atoms with Crippen LogP contribution in [0.25, 0.3) is 0 Å². The smallest absolute Gasteiger partial charge is 0.101 e. The van der Waals surface area contributed by atoms with E-state index >= 15 is 0 Å². The number of aromatic nitrogens is 1. The number of nitriles is 1. The number of nitrogens with one attached hydrogen (secondary N) is 1. The molecule has 17 heavy (non-hydrogen) atoms. The zero-order chi connectivity index (χ0) is 12.3. The van der Waals surface area contributed by atoms with Crippen molar-refractivity contribution in [2.24, 2.45) is 5.41 Å². The molecule has 1 aromatic heterocycles. The van der Waals surface area contributed by atoms with Crippen LogP contribution < -0.4 is 5.32 Å². The molecule has 0 aromatic carbocycles. The highest BCUT2D eigenvalue weighted by Crippen LogP contribution is 2.36. The highest BCUT2D eigenvalue weighted by Gasteiger charge is 2.26. The Balaban J connectivity index is 2.01. The Morgan fingerprint density at radius 2 is 2.12 bits per heavy atom. The predicted molar refractivity (Wildman–Crippen MR) is 68.6 cm³/mol. The SMILES string of the molecule is CC1(C)CCC(Nc2cnccc2C#N)CC1. The Morgan fingerprint density at radius 3 is 2.76 bits per heavy atom. The van der Waals surface area contributed by atoms with Gasteiger partial charge in [-0.2, -0.15) is 5.26 Å². The lowest BCUT2D eigenvalue weighted by atomic mass is 9.75. The summed E-state index contributed by atoms with van der Waals surface area (Å²) in [6, 6.07) is 4.44. The van der Waals surface area contributed by atoms with Gasteiger partial charge in [-0.3, -0.25) is 4.98 Å². The predicted octanol–water partition coefficient (Wildman–Crippen LogP) is 3.33. The van der Waals surface area contributed by atoms with Gasteiger partial charge in [0.05, 0.1) is 17.4 Å². The van der Waals surface area contributed by atoms with Gasteiger partial charge in [-0.15, -0.1) is 0 Å². The normalized spacial score (nSPS) is 19.6. The van der Waals surface area contributed by atoms with Crippen LogP contribution in [-0.2, 0) is 0 Å². The lowest BCUT2D eigenvalue weighted by Gasteiger charge is -2.35. The van der Waals surface area contributed by atoms with Crippen LogP contribution >= 0.6 is 0 Å². The van der Waals surface area contributed by atoms with Crippen LogP contribution in [0.2, 0.25) is 0 Å². The molecule has 1 N–H and O–H groups in total. The maximum atomic E-state index is 9.01. The highest BCUT2D eigenvalue weighted by atomic mass is 14.9. The molecule has 3 heteroatoms. The highest BCUT2D eigenvalue weighted by molar-refractivity contribution is 5.55. The van der Waals surface area contributed by atoms with E-state index in [2.05, 4.69) is 30.2 Å². The van der Waals surface area contributed by atoms with Gasteiger partial charge in [-0.05, 0) is 37.2 Å². The van der Waals surface area contributed by atoms with Gasteiger partial charge in [-0.25, -0.2) is 0 Å². The van der Waals surface area contributed by atoms with E-state index in [4.69, 9.17) is 5.26 Å². The van der Waals surface area contributed by atoms with Gasteiger partial charge in [0.25, 0.3) is 0 Å². The fourth-order valence-corrected chi connectivity index (χ4v) is 2.37. The number of hydrogen-bond donors (Lipinski definition) is 1. The van der Waals surface area contributed by atoms with Crippen molar-refractivity contribution in [3.8, 4) is 6.07 Å². The average Bonchev–Trinajstić information content (AvgIpc) is 2.32. The summed E-state index contributed by atoms with van der Waals surface area (Å²) in [4.78, 5) is 4.07. The first-order chi connectivity index (χ1) is 8.11. The van der Waals surface area contributed by atoms with Crippen LogP contribution in [0.15, 0.2) is 18.5 Å². The summed E-state index contributed by atoms with van der Waals surface area (Å²) in [6.07, 6.45) is 8.24. The third kappa shape index (κ3) is 2.97. The molecule has 1 saturated carbocycles. The molecule has 1 heterocycles. The summed E-state index contributed by atoms with van der Waals surface area (Å²) in [7, 11) is 0. The van der Waals surface area contributed by atoms with E-state index in [9.17, 15) is 0 Å². The number of anilines is 1. The van der Waals surface area contributed by atoms with E-state index in [0.717, 1.165) is 5.69 Å². The largest absolute Gasteiger partial charge is 0.380 e. The molecule has 0 radical (unpaired) electrons. The van der Waals surface area contributed by atoms with E-state index in [0.29, 0.717) is 17.0 Å². The van der Waals surface area contributed by atoms with Crippen molar-refractivity contribution >= 4 is 5.69 Å². The zero-order valence-corrected chi connectivity index (χ0v) is 10.5. The van der Waals surface area contributed by atoms with Crippen molar-refractivity contribution in [1.29, 1.82) is 5.26 Å². The first-order valence-electron chi connectivity index (χ1n) is 6.21. The molecular weight excluding hydrogens is 210 g/mol. The zero-order valence-electron chi connectivity index (χ0n) is 10.5. The summed E-state index contributed by atoms with van der Waals surface area (Å²) >= 11 is 0. The van der Waals surface area contributed by atoms with E-state index in [-0.39, 0.29) is 0 Å². The Labute approximate surface area is 103 Å². The van der Waals surface area contributed by atoms with Crippen LogP contribution in [0.1, 0.15) is 45.1 Å². The maximum absolute atomic E-state index is 9.01. The monoisotopic (exact) mass is 229 g/mol. The van der Waals surface area contributed by atoms with E-state index in [1.165, 1.54) is 25.7 Å². The molecule has 0 amide bonds. The third-order valence-electron chi connectivity index (χ3n) is 3.64. The summed E-state index contributed by atoms with van der Waals surface area (Å²) in [5.41, 5.74) is 2.04. The van der Waals surface area contributed by atoms with Gasteiger partial charge >= 0.3 is 0 Å². The number of rotatable bonds is 2. The van der Waals surface area contributed by atoms with Crippen molar-refractivity contribution in [3.63, 3.8) is 0 Å². The quantitative estimate of drug-likeness (QED) is 0.846. The lowest BCUT2D eigenvalue weighted by molar-refractivity contribution is 0.232. The van der Waals surface area contributed by atoms with Crippen molar-refractivity contribution in [3.05, 3.63) is 24.0 Å². The van der Waals surface area contributed by atoms with Crippen molar-refractivity contribution in [2.45, 2.75) is 45.6 Å². The Hall–Kier alpha value is -1.56. The van der Waals surface area contributed by atoms with Crippen molar-refractivity contribution in [1.82, 2.24) is 4.98 Å². The molecule has 0 unspecified atom stereocenters. The van der Waals surface area contributed by atoms with Crippen LogP contribution in [-0.4, -0.2) is 11.0 Å². The molecule has 1 aliphatic rings. The standard InChI is InChI=1S/C14H19N3/c1-14(2)6-3-12(4-7-14)17-13-10-16-8-5-11(13)9-15/h5,8,10,12,17H,3-4,6-7H2,1-2H3. The van der Waals surface area contributed by atoms with Gasteiger partial charge in [0.2, 0.25) is 0 Å². The van der Waals surface area contributed by atoms with Gasteiger partial charge < -0.3 is 5.32 Å². The Bertz CT molecular complexity index is 421. The second-order valence-electron chi connectivity index (χ2n) is 5.62. The number of nitrogens with zero attached hydrogens (tertiary/aromatic N) is 2. The summed E-state index contributed by atoms with van der Waals surface area (Å²) in [6.45, 7) is 4.65. The number of hydrogen-bond acceptors (Lipinski definition) is 3. The fraction of sp³-hybridized carbons (Fsp3) is 0.571. The first-order valence-corrected chi connectivity index (χ1v) is 6.21. The maximum Gasteiger partial charge on any atom is 0.101 e. The second-order valence-corrected chi connectivity index (χ2v) is 5.62. The third-order valence-corrected chi connectivity index (χ3v) is 3.64. The lowest BCUT2D eigenvalue weighted by Crippen LogP contribution is -2.30. The summed E-state index contributed by atoms with van der Waals surface area (Å²) < 4.78 is 0. The van der Waals surface area contributed by atoms with Gasteiger partial charge in [0.1, 0.15) is 6.07 Å². The molecule has 2 rings (SSSR count). The minimum Gasteiger partial charge on any atom is -0.380 e. The van der Waals surface area contributed by atoms with Crippen molar-refractivity contribution in [2.75, 3.05) is 5.32 Å². The molecule has 3 nitrogen and oxygen atoms in total. The van der Waals surface area contributed by atoms with Gasteiger partial charge in [0.15, 0.2) is 0 Å². The average molecular weight is 229 g/mol. The van der Waals surface area contributed by atoms with E-state index in [1.807, 2.05) is 0 Å². The molecule has 0 saturated heterocycles. The molecule has 0 atom stereocenters. The molecule has 0 bridgehead atoms. The molecule has 0 spiro atoms. The van der Waals surface area contributed by atoms with Gasteiger partial charge in [-0.1, -0.05) is 13.8 Å². The van der Waals surface area contributed by atoms with Crippen LogP contribution in [0.5, 0.6) is 0 Å². The van der Waals surface area contributed by atoms with Crippen LogP contribution in [0, 0.1) is 16.7 Å². The topological polar surface area (TPSA) is 48.7 Å². The summed E-state index contributed by atoms with van der Waals surface area (Å²) in [5, 5.41) is 12.5. The second kappa shape index (κ2) is 4.75. The Kier molecular flexibility index (Phi) is 3.33. The van der Waals surface area contributed by atoms with Crippen molar-refractivity contribution < 1.29 is 0 Å². The van der Waals surface area contributed by atoms with Crippen LogP contribution in [0.3, 0.4) is 0 Å². The van der Waals surface area contributed by atoms with Crippen LogP contribution in [0.4, 0.5) is 5.69 Å².